The van der Waals surface area contributed by atoms with Crippen LogP contribution in [-0.4, -0.2) is 36.8 Å². The predicted molar refractivity (Wildman–Crippen MR) is 103 cm³/mol. The van der Waals surface area contributed by atoms with Crippen molar-refractivity contribution in [2.24, 2.45) is 0 Å². The molecular formula is C22H25NO2. The quantitative estimate of drug-likeness (QED) is 0.624. The lowest BCUT2D eigenvalue weighted by Gasteiger charge is -2.21. The lowest BCUT2D eigenvalue weighted by Crippen LogP contribution is -2.26. The highest BCUT2D eigenvalue weighted by Gasteiger charge is 2.11. The molecule has 0 amide bonds. The van der Waals surface area contributed by atoms with Crippen molar-refractivity contribution in [3.63, 3.8) is 0 Å². The first kappa shape index (κ1) is 17.5. The number of hydrogen-bond acceptors (Lipinski definition) is 3. The first-order chi connectivity index (χ1) is 12.2. The van der Waals surface area contributed by atoms with E-state index < -0.39 is 6.10 Å². The van der Waals surface area contributed by atoms with Crippen LogP contribution in [0.4, 0.5) is 0 Å². The molecule has 0 spiro atoms. The zero-order chi connectivity index (χ0) is 17.5. The number of hydrogen-bond donors (Lipinski definition) is 1. The van der Waals surface area contributed by atoms with E-state index in [0.29, 0.717) is 13.2 Å². The number of aliphatic hydroxyl groups excluding tert-OH is 1. The first-order valence-corrected chi connectivity index (χ1v) is 8.75. The van der Waals surface area contributed by atoms with Crippen molar-refractivity contribution in [2.75, 3.05) is 26.7 Å². The fourth-order valence-electron chi connectivity index (χ4n) is 2.95. The molecule has 3 aromatic rings. The minimum atomic E-state index is -0.482. The monoisotopic (exact) mass is 335 g/mol. The van der Waals surface area contributed by atoms with Crippen molar-refractivity contribution >= 4 is 10.8 Å². The van der Waals surface area contributed by atoms with Crippen molar-refractivity contribution in [1.29, 1.82) is 0 Å². The van der Waals surface area contributed by atoms with Crippen LogP contribution in [0.2, 0.25) is 0 Å². The van der Waals surface area contributed by atoms with Gasteiger partial charge in [-0.15, -0.1) is 0 Å². The van der Waals surface area contributed by atoms with E-state index in [1.54, 1.807) is 0 Å². The van der Waals surface area contributed by atoms with E-state index in [1.165, 1.54) is 5.39 Å². The minimum absolute atomic E-state index is 0.482. The molecular weight excluding hydrogens is 310 g/mol. The Balaban J connectivity index is 1.45. The molecule has 0 heterocycles. The van der Waals surface area contributed by atoms with E-state index in [2.05, 4.69) is 29.2 Å². The first-order valence-electron chi connectivity index (χ1n) is 8.75. The molecule has 0 fully saturated rings. The van der Waals surface area contributed by atoms with Crippen LogP contribution in [0.3, 0.4) is 0 Å². The Morgan fingerprint density at radius 3 is 2.44 bits per heavy atom. The Hall–Kier alpha value is -2.36. The van der Waals surface area contributed by atoms with Gasteiger partial charge in [0.05, 0.1) is 12.7 Å². The molecule has 3 heteroatoms. The minimum Gasteiger partial charge on any atom is -0.494 e. The lowest BCUT2D eigenvalue weighted by atomic mass is 10.0. The second kappa shape index (κ2) is 8.65. The molecule has 0 bridgehead atoms. The number of rotatable bonds is 8. The molecule has 0 aromatic heterocycles. The molecule has 0 radical (unpaired) electrons. The van der Waals surface area contributed by atoms with E-state index in [-0.39, 0.29) is 0 Å². The third-order valence-electron chi connectivity index (χ3n) is 4.34. The molecule has 0 aliphatic rings. The van der Waals surface area contributed by atoms with Gasteiger partial charge in [0.25, 0.3) is 0 Å². The Bertz CT molecular complexity index is 788. The van der Waals surface area contributed by atoms with Crippen molar-refractivity contribution in [1.82, 2.24) is 4.90 Å². The van der Waals surface area contributed by atoms with E-state index in [1.807, 2.05) is 55.6 Å². The van der Waals surface area contributed by atoms with Gasteiger partial charge in [0.15, 0.2) is 0 Å². The Morgan fingerprint density at radius 1 is 0.920 bits per heavy atom. The molecule has 0 aliphatic heterocycles. The predicted octanol–water partition coefficient (Wildman–Crippen LogP) is 4.27. The van der Waals surface area contributed by atoms with Gasteiger partial charge in [-0.05, 0) is 48.0 Å². The van der Waals surface area contributed by atoms with Crippen LogP contribution in [0.1, 0.15) is 18.1 Å². The summed E-state index contributed by atoms with van der Waals surface area (Å²) in [4.78, 5) is 2.15. The molecule has 1 N–H and O–H groups in total. The van der Waals surface area contributed by atoms with Crippen LogP contribution in [0.5, 0.6) is 5.75 Å². The highest BCUT2D eigenvalue weighted by molar-refractivity contribution is 5.83. The molecule has 0 saturated carbocycles. The van der Waals surface area contributed by atoms with Crippen LogP contribution >= 0.6 is 0 Å². The van der Waals surface area contributed by atoms with Gasteiger partial charge in [0.2, 0.25) is 0 Å². The molecule has 3 nitrogen and oxygen atoms in total. The van der Waals surface area contributed by atoms with Gasteiger partial charge in [-0.3, -0.25) is 0 Å². The fourth-order valence-corrected chi connectivity index (χ4v) is 2.95. The third-order valence-corrected chi connectivity index (χ3v) is 4.34. The number of fused-ring (bicyclic) bond motifs is 1. The number of benzene rings is 3. The maximum atomic E-state index is 10.5. The van der Waals surface area contributed by atoms with Gasteiger partial charge in [-0.1, -0.05) is 54.6 Å². The highest BCUT2D eigenvalue weighted by atomic mass is 16.5. The van der Waals surface area contributed by atoms with Crippen LogP contribution in [0, 0.1) is 0 Å². The summed E-state index contributed by atoms with van der Waals surface area (Å²) >= 11 is 0. The number of ether oxygens (including phenoxy) is 1. The lowest BCUT2D eigenvalue weighted by molar-refractivity contribution is 0.123. The summed E-state index contributed by atoms with van der Waals surface area (Å²) in [6.07, 6.45) is 0.445. The van der Waals surface area contributed by atoms with E-state index >= 15 is 0 Å². The Morgan fingerprint density at radius 2 is 1.64 bits per heavy atom. The zero-order valence-electron chi connectivity index (χ0n) is 14.6. The zero-order valence-corrected chi connectivity index (χ0v) is 14.6. The normalized spacial score (nSPS) is 12.4. The van der Waals surface area contributed by atoms with Gasteiger partial charge in [-0.2, -0.15) is 0 Å². The molecule has 3 aromatic carbocycles. The molecule has 0 saturated heterocycles. The number of likely N-dealkylation sites (N-methyl/N-ethyl adjacent to an activating group) is 1. The van der Waals surface area contributed by atoms with E-state index in [4.69, 9.17) is 4.74 Å². The Kier molecular flexibility index (Phi) is 6.04. The maximum Gasteiger partial charge on any atom is 0.119 e. The molecule has 1 atom stereocenters. The van der Waals surface area contributed by atoms with E-state index in [0.717, 1.165) is 29.7 Å². The van der Waals surface area contributed by atoms with Crippen LogP contribution in [0.15, 0.2) is 72.8 Å². The topological polar surface area (TPSA) is 32.7 Å². The number of para-hydroxylation sites is 1. The van der Waals surface area contributed by atoms with Crippen molar-refractivity contribution < 1.29 is 9.84 Å². The Labute approximate surface area is 149 Å². The third kappa shape index (κ3) is 5.05. The number of nitrogens with zero attached hydrogens (tertiary/aromatic N) is 1. The van der Waals surface area contributed by atoms with Gasteiger partial charge in [0.1, 0.15) is 5.75 Å². The van der Waals surface area contributed by atoms with Crippen molar-refractivity contribution in [2.45, 2.75) is 12.5 Å². The highest BCUT2D eigenvalue weighted by Crippen LogP contribution is 2.21. The summed E-state index contributed by atoms with van der Waals surface area (Å²) in [7, 11) is 2.03. The average Bonchev–Trinajstić information content (AvgIpc) is 2.65. The summed E-state index contributed by atoms with van der Waals surface area (Å²) in [5.74, 6) is 0.904. The number of aliphatic hydroxyl groups is 1. The maximum absolute atomic E-state index is 10.5. The summed E-state index contributed by atoms with van der Waals surface area (Å²) < 4.78 is 5.71. The summed E-state index contributed by atoms with van der Waals surface area (Å²) in [6, 6.07) is 24.2. The summed E-state index contributed by atoms with van der Waals surface area (Å²) in [5, 5.41) is 12.9. The fraction of sp³-hybridized carbons (Fsp3) is 0.273. The van der Waals surface area contributed by atoms with Crippen molar-refractivity contribution in [3.05, 3.63) is 78.4 Å². The van der Waals surface area contributed by atoms with Gasteiger partial charge in [0, 0.05) is 13.1 Å². The van der Waals surface area contributed by atoms with Gasteiger partial charge < -0.3 is 14.7 Å². The molecule has 130 valence electrons. The van der Waals surface area contributed by atoms with E-state index in [9.17, 15) is 5.11 Å². The molecule has 25 heavy (non-hydrogen) atoms. The largest absolute Gasteiger partial charge is 0.494 e. The molecule has 3 rings (SSSR count). The van der Waals surface area contributed by atoms with Crippen LogP contribution in [0.25, 0.3) is 10.8 Å². The SMILES string of the molecule is CN(CCCOc1ccccc1)CC(O)c1ccc2ccccc2c1. The average molecular weight is 335 g/mol. The van der Waals surface area contributed by atoms with Gasteiger partial charge >= 0.3 is 0 Å². The van der Waals surface area contributed by atoms with Crippen molar-refractivity contribution in [3.8, 4) is 5.75 Å². The standard InChI is InChI=1S/C22H25NO2/c1-23(14-7-15-25-21-10-3-2-4-11-21)17-22(24)20-13-12-18-8-5-6-9-19(18)16-20/h2-6,8-13,16,22,24H,7,14-15,17H2,1H3. The smallest absolute Gasteiger partial charge is 0.119 e. The van der Waals surface area contributed by atoms with Crippen LogP contribution < -0.4 is 4.74 Å². The second-order valence-electron chi connectivity index (χ2n) is 6.40. The second-order valence-corrected chi connectivity index (χ2v) is 6.40. The molecule has 1 unspecified atom stereocenters. The molecule has 0 aliphatic carbocycles. The summed E-state index contributed by atoms with van der Waals surface area (Å²) in [6.45, 7) is 2.18. The van der Waals surface area contributed by atoms with Crippen LogP contribution in [-0.2, 0) is 0 Å². The van der Waals surface area contributed by atoms with Gasteiger partial charge in [-0.25, -0.2) is 0 Å². The summed E-state index contributed by atoms with van der Waals surface area (Å²) in [5.41, 5.74) is 0.964.